The van der Waals surface area contributed by atoms with Gasteiger partial charge in [0.2, 0.25) is 5.91 Å². The van der Waals surface area contributed by atoms with Crippen LogP contribution in [0.3, 0.4) is 0 Å². The van der Waals surface area contributed by atoms with Crippen LogP contribution >= 0.6 is 23.2 Å². The Morgan fingerprint density at radius 3 is 2.26 bits per heavy atom. The first-order valence-electron chi connectivity index (χ1n) is 11.6. The second-order valence-electron chi connectivity index (χ2n) is 9.84. The fourth-order valence-electron chi connectivity index (χ4n) is 5.06. The lowest BCUT2D eigenvalue weighted by molar-refractivity contribution is -0.121. The predicted molar refractivity (Wildman–Crippen MR) is 139 cm³/mol. The number of para-hydroxylation sites is 1. The van der Waals surface area contributed by atoms with Gasteiger partial charge in [0.25, 0.3) is 0 Å². The fraction of sp³-hybridized carbons (Fsp3) is 0.241. The summed E-state index contributed by atoms with van der Waals surface area (Å²) in [6.45, 7) is 4.12. The summed E-state index contributed by atoms with van der Waals surface area (Å²) in [5, 5.41) is 0.811. The third kappa shape index (κ3) is 4.61. The molecular weight excluding hydrogens is 481 g/mol. The molecule has 0 aromatic heterocycles. The Bertz CT molecular complexity index is 1330. The lowest BCUT2D eigenvalue weighted by Crippen LogP contribution is -2.43. The van der Waals surface area contributed by atoms with Crippen LogP contribution in [-0.4, -0.2) is 11.7 Å². The summed E-state index contributed by atoms with van der Waals surface area (Å²) in [6.07, 6.45) is 1.18. The number of hydrogen-bond acceptors (Lipinski definition) is 3. The van der Waals surface area contributed by atoms with Gasteiger partial charge in [-0.25, -0.2) is 0 Å². The zero-order valence-corrected chi connectivity index (χ0v) is 21.1. The number of rotatable bonds is 4. The van der Waals surface area contributed by atoms with Crippen molar-refractivity contribution in [1.29, 1.82) is 0 Å². The van der Waals surface area contributed by atoms with Crippen LogP contribution in [0.25, 0.3) is 0 Å². The summed E-state index contributed by atoms with van der Waals surface area (Å²) < 4.78 is 5.91. The van der Waals surface area contributed by atoms with Gasteiger partial charge in [0.05, 0.1) is 10.0 Å². The molecular formula is C29H25Cl2NO3. The lowest BCUT2D eigenvalue weighted by atomic mass is 9.69. The highest BCUT2D eigenvalue weighted by Crippen LogP contribution is 2.49. The van der Waals surface area contributed by atoms with E-state index in [9.17, 15) is 9.59 Å². The molecule has 1 unspecified atom stereocenters. The first kappa shape index (κ1) is 23.7. The number of benzene rings is 3. The van der Waals surface area contributed by atoms with E-state index in [1.54, 1.807) is 11.0 Å². The first-order valence-corrected chi connectivity index (χ1v) is 12.4. The van der Waals surface area contributed by atoms with Gasteiger partial charge in [-0.3, -0.25) is 14.5 Å². The van der Waals surface area contributed by atoms with Crippen LogP contribution < -0.4 is 9.64 Å². The van der Waals surface area contributed by atoms with E-state index in [2.05, 4.69) is 13.8 Å². The number of halogens is 2. The van der Waals surface area contributed by atoms with Crippen molar-refractivity contribution in [3.63, 3.8) is 0 Å². The molecule has 5 rings (SSSR count). The number of carbonyl (C=O) groups is 2. The van der Waals surface area contributed by atoms with Gasteiger partial charge in [0, 0.05) is 35.7 Å². The summed E-state index contributed by atoms with van der Waals surface area (Å²) in [5.74, 6) is 0.970. The van der Waals surface area contributed by atoms with E-state index < -0.39 is 5.92 Å². The Labute approximate surface area is 215 Å². The number of ketones is 1. The van der Waals surface area contributed by atoms with Crippen LogP contribution in [-0.2, 0) is 9.59 Å². The number of anilines is 1. The predicted octanol–water partition coefficient (Wildman–Crippen LogP) is 7.95. The van der Waals surface area contributed by atoms with Crippen molar-refractivity contribution in [3.05, 3.63) is 99.7 Å². The second kappa shape index (κ2) is 9.18. The zero-order chi connectivity index (χ0) is 24.7. The Hall–Kier alpha value is -3.08. The van der Waals surface area contributed by atoms with Crippen molar-refractivity contribution < 1.29 is 14.3 Å². The van der Waals surface area contributed by atoms with Crippen molar-refractivity contribution in [3.8, 4) is 11.5 Å². The molecule has 0 N–H and O–H groups in total. The van der Waals surface area contributed by atoms with Crippen LogP contribution in [0.2, 0.25) is 10.0 Å². The van der Waals surface area contributed by atoms with E-state index in [1.165, 1.54) is 0 Å². The van der Waals surface area contributed by atoms with Gasteiger partial charge in [-0.1, -0.05) is 67.4 Å². The number of Topliss-reactive ketones (excluding diaryl/α,β-unsaturated/α-hetero) is 1. The molecule has 35 heavy (non-hydrogen) atoms. The Balaban J connectivity index is 1.56. The molecule has 0 spiro atoms. The Morgan fingerprint density at radius 1 is 0.857 bits per heavy atom. The third-order valence-electron chi connectivity index (χ3n) is 6.57. The molecule has 0 fully saturated rings. The largest absolute Gasteiger partial charge is 0.457 e. The molecule has 6 heteroatoms. The maximum absolute atomic E-state index is 13.6. The normalized spacial score (nSPS) is 19.5. The molecule has 178 valence electrons. The maximum Gasteiger partial charge on any atom is 0.232 e. The van der Waals surface area contributed by atoms with Crippen molar-refractivity contribution in [2.45, 2.75) is 39.0 Å². The summed E-state index contributed by atoms with van der Waals surface area (Å²) in [5.41, 5.74) is 2.59. The van der Waals surface area contributed by atoms with Gasteiger partial charge >= 0.3 is 0 Å². The minimum absolute atomic E-state index is 0.0545. The summed E-state index contributed by atoms with van der Waals surface area (Å²) >= 11 is 12.8. The number of allylic oxidation sites excluding steroid dienone is 2. The quantitative estimate of drug-likeness (QED) is 0.361. The standard InChI is InChI=1S/C29H25Cl2NO3/c1-29(2)16-24-27(25(33)17-29)22(21-9-6-10-23(30)28(21)31)15-26(34)32(24)18-11-13-20(14-12-18)35-19-7-4-3-5-8-19/h3-14,22H,15-17H2,1-2H3. The van der Waals surface area contributed by atoms with Crippen LogP contribution in [0.15, 0.2) is 84.1 Å². The van der Waals surface area contributed by atoms with Gasteiger partial charge in [-0.15, -0.1) is 0 Å². The number of carbonyl (C=O) groups excluding carboxylic acids is 2. The number of ether oxygens (including phenoxy) is 1. The average Bonchev–Trinajstić information content (AvgIpc) is 2.81. The van der Waals surface area contributed by atoms with Crippen molar-refractivity contribution >= 4 is 40.6 Å². The van der Waals surface area contributed by atoms with Crippen molar-refractivity contribution in [1.82, 2.24) is 0 Å². The summed E-state index contributed by atoms with van der Waals surface area (Å²) in [7, 11) is 0. The third-order valence-corrected chi connectivity index (χ3v) is 7.41. The van der Waals surface area contributed by atoms with Crippen LogP contribution in [0.1, 0.15) is 44.6 Å². The molecule has 1 heterocycles. The number of nitrogens with zero attached hydrogens (tertiary/aromatic N) is 1. The second-order valence-corrected chi connectivity index (χ2v) is 10.6. The molecule has 1 aliphatic carbocycles. The molecule has 0 saturated carbocycles. The van der Waals surface area contributed by atoms with Gasteiger partial charge in [-0.05, 0) is 59.9 Å². The number of amides is 1. The minimum Gasteiger partial charge on any atom is -0.457 e. The summed E-state index contributed by atoms with van der Waals surface area (Å²) in [6, 6.07) is 22.3. The molecule has 2 aliphatic rings. The zero-order valence-electron chi connectivity index (χ0n) is 19.6. The minimum atomic E-state index is -0.413. The van der Waals surface area contributed by atoms with E-state index in [4.69, 9.17) is 27.9 Å². The maximum atomic E-state index is 13.6. The van der Waals surface area contributed by atoms with Crippen LogP contribution in [0.4, 0.5) is 5.69 Å². The van der Waals surface area contributed by atoms with E-state index in [0.717, 1.165) is 17.0 Å². The molecule has 0 radical (unpaired) electrons. The monoisotopic (exact) mass is 505 g/mol. The average molecular weight is 506 g/mol. The molecule has 1 atom stereocenters. The SMILES string of the molecule is CC1(C)CC(=O)C2=C(C1)N(c1ccc(Oc3ccccc3)cc1)C(=O)CC2c1cccc(Cl)c1Cl. The fourth-order valence-corrected chi connectivity index (χ4v) is 5.50. The molecule has 0 saturated heterocycles. The highest BCUT2D eigenvalue weighted by atomic mass is 35.5. The Morgan fingerprint density at radius 2 is 1.54 bits per heavy atom. The lowest BCUT2D eigenvalue weighted by Gasteiger charge is -2.43. The van der Waals surface area contributed by atoms with E-state index in [0.29, 0.717) is 39.9 Å². The van der Waals surface area contributed by atoms with Gasteiger partial charge in [-0.2, -0.15) is 0 Å². The van der Waals surface area contributed by atoms with Crippen LogP contribution in [0.5, 0.6) is 11.5 Å². The van der Waals surface area contributed by atoms with E-state index in [1.807, 2.05) is 66.7 Å². The van der Waals surface area contributed by atoms with Gasteiger partial charge in [0.15, 0.2) is 5.78 Å². The van der Waals surface area contributed by atoms with Gasteiger partial charge < -0.3 is 4.74 Å². The van der Waals surface area contributed by atoms with Gasteiger partial charge in [0.1, 0.15) is 11.5 Å². The van der Waals surface area contributed by atoms with Crippen molar-refractivity contribution in [2.75, 3.05) is 4.90 Å². The molecule has 1 amide bonds. The Kier molecular flexibility index (Phi) is 6.20. The molecule has 0 bridgehead atoms. The van der Waals surface area contributed by atoms with Crippen molar-refractivity contribution in [2.24, 2.45) is 5.41 Å². The van der Waals surface area contributed by atoms with E-state index >= 15 is 0 Å². The number of hydrogen-bond donors (Lipinski definition) is 0. The molecule has 1 aliphatic heterocycles. The molecule has 3 aromatic carbocycles. The molecule has 4 nitrogen and oxygen atoms in total. The highest BCUT2D eigenvalue weighted by molar-refractivity contribution is 6.42. The summed E-state index contributed by atoms with van der Waals surface area (Å²) in [4.78, 5) is 28.8. The smallest absolute Gasteiger partial charge is 0.232 e. The first-order chi connectivity index (χ1) is 16.7. The highest BCUT2D eigenvalue weighted by Gasteiger charge is 2.44. The van der Waals surface area contributed by atoms with E-state index in [-0.39, 0.29) is 23.5 Å². The topological polar surface area (TPSA) is 46.6 Å². The van der Waals surface area contributed by atoms with Crippen LogP contribution in [0, 0.1) is 5.41 Å². The molecule has 3 aromatic rings.